The first-order valence-electron chi connectivity index (χ1n) is 38.9. The Labute approximate surface area is 532 Å². The van der Waals surface area contributed by atoms with Crippen LogP contribution in [0.1, 0.15) is 431 Å². The Morgan fingerprint density at radius 2 is 0.494 bits per heavy atom. The predicted molar refractivity (Wildman–Crippen MR) is 376 cm³/mol. The van der Waals surface area contributed by atoms with E-state index in [0.29, 0.717) is 19.3 Å². The average molecular weight is 1200 g/mol. The van der Waals surface area contributed by atoms with Gasteiger partial charge in [-0.15, -0.1) is 0 Å². The topological polar surface area (TPSA) is 110 Å². The van der Waals surface area contributed by atoms with Crippen LogP contribution in [0.3, 0.4) is 0 Å². The van der Waals surface area contributed by atoms with Gasteiger partial charge in [0.25, 0.3) is 0 Å². The molecule has 85 heavy (non-hydrogen) atoms. The standard InChI is InChI=1S/C79H153NO5/c1-3-5-7-9-11-13-15-17-19-21-23-25-27-29-31-33-35-36-37-38-39-40-41-43-45-47-49-51-53-55-57-59-61-63-65-67-69-71-73-77(83)79(85)80-75(74-81)78(84)76(82)72-70-68-66-64-62-60-58-56-54-52-50-48-46-44-42-34-32-30-28-26-24-22-20-18-16-14-12-10-8-6-4-2/h48,50,56,58,64,66,75-78,81-84H,3-47,49,51-55,57,59-63,65,67-74H2,1-2H3,(H,80,85)/b50-48+,58-56+,66-64+. The van der Waals surface area contributed by atoms with E-state index in [1.807, 2.05) is 0 Å². The molecule has 0 aliphatic rings. The summed E-state index contributed by atoms with van der Waals surface area (Å²) < 4.78 is 0. The van der Waals surface area contributed by atoms with Gasteiger partial charge >= 0.3 is 0 Å². The molecule has 0 aromatic carbocycles. The van der Waals surface area contributed by atoms with Crippen molar-refractivity contribution in [1.82, 2.24) is 5.32 Å². The predicted octanol–water partition coefficient (Wildman–Crippen LogP) is 24.6. The second kappa shape index (κ2) is 73.3. The van der Waals surface area contributed by atoms with Crippen molar-refractivity contribution in [3.63, 3.8) is 0 Å². The van der Waals surface area contributed by atoms with Crippen LogP contribution in [0.15, 0.2) is 36.5 Å². The fraction of sp³-hybridized carbons (Fsp3) is 0.911. The van der Waals surface area contributed by atoms with Crippen LogP contribution in [0.2, 0.25) is 0 Å². The van der Waals surface area contributed by atoms with Gasteiger partial charge in [0, 0.05) is 0 Å². The fourth-order valence-corrected chi connectivity index (χ4v) is 12.6. The molecule has 0 rings (SSSR count). The van der Waals surface area contributed by atoms with E-state index in [4.69, 9.17) is 0 Å². The van der Waals surface area contributed by atoms with Gasteiger partial charge in [-0.3, -0.25) is 4.79 Å². The minimum absolute atomic E-state index is 0.363. The summed E-state index contributed by atoms with van der Waals surface area (Å²) in [6.07, 6.45) is 96.1. The third-order valence-electron chi connectivity index (χ3n) is 18.6. The lowest BCUT2D eigenvalue weighted by atomic mass is 10.00. The van der Waals surface area contributed by atoms with Gasteiger partial charge in [0.05, 0.1) is 18.8 Å². The molecule has 4 unspecified atom stereocenters. The van der Waals surface area contributed by atoms with E-state index >= 15 is 0 Å². The molecular weight excluding hydrogens is 1040 g/mol. The van der Waals surface area contributed by atoms with Crippen LogP contribution >= 0.6 is 0 Å². The van der Waals surface area contributed by atoms with Gasteiger partial charge in [-0.2, -0.15) is 0 Å². The third kappa shape index (κ3) is 66.8. The lowest BCUT2D eigenvalue weighted by molar-refractivity contribution is -0.132. The van der Waals surface area contributed by atoms with E-state index in [1.54, 1.807) is 0 Å². The molecule has 6 nitrogen and oxygen atoms in total. The number of hydrogen-bond acceptors (Lipinski definition) is 5. The van der Waals surface area contributed by atoms with E-state index in [-0.39, 0.29) is 0 Å². The van der Waals surface area contributed by atoms with Gasteiger partial charge in [0.2, 0.25) is 5.91 Å². The molecule has 0 saturated heterocycles. The maximum atomic E-state index is 12.7. The van der Waals surface area contributed by atoms with E-state index in [0.717, 1.165) is 51.4 Å². The van der Waals surface area contributed by atoms with Crippen molar-refractivity contribution in [2.45, 2.75) is 456 Å². The zero-order valence-corrected chi connectivity index (χ0v) is 57.6. The molecule has 0 aromatic rings. The molecule has 0 radical (unpaired) electrons. The minimum Gasteiger partial charge on any atom is -0.394 e. The number of aliphatic hydroxyl groups excluding tert-OH is 4. The SMILES string of the molecule is CCCCCCCCCCCCCCCCCCCC/C=C/CC/C=C/CC/C=C/CCCC(O)C(O)C(CO)NC(=O)C(O)CCCCCCCCCCCCCCCCCCCCCCCCCCCCCCCCCCCCCCCC. The largest absolute Gasteiger partial charge is 0.394 e. The van der Waals surface area contributed by atoms with Crippen molar-refractivity contribution in [3.05, 3.63) is 36.5 Å². The highest BCUT2D eigenvalue weighted by molar-refractivity contribution is 5.80. The zero-order valence-electron chi connectivity index (χ0n) is 57.6. The Hall–Kier alpha value is -1.47. The Morgan fingerprint density at radius 3 is 0.741 bits per heavy atom. The molecule has 4 atom stereocenters. The number of amides is 1. The van der Waals surface area contributed by atoms with Crippen molar-refractivity contribution in [2.24, 2.45) is 0 Å². The molecule has 0 fully saturated rings. The summed E-state index contributed by atoms with van der Waals surface area (Å²) in [4.78, 5) is 12.7. The Bertz CT molecular complexity index is 1350. The van der Waals surface area contributed by atoms with Crippen molar-refractivity contribution >= 4 is 5.91 Å². The average Bonchev–Trinajstić information content (AvgIpc) is 3.51. The van der Waals surface area contributed by atoms with E-state index in [2.05, 4.69) is 55.6 Å². The number of aliphatic hydroxyl groups is 4. The first kappa shape index (κ1) is 83.5. The van der Waals surface area contributed by atoms with E-state index in [1.165, 1.54) is 347 Å². The minimum atomic E-state index is -1.30. The first-order valence-corrected chi connectivity index (χ1v) is 38.9. The van der Waals surface area contributed by atoms with Crippen LogP contribution in [0.25, 0.3) is 0 Å². The molecule has 0 aliphatic heterocycles. The zero-order chi connectivity index (χ0) is 61.5. The number of unbranched alkanes of at least 4 members (excludes halogenated alkanes) is 58. The molecule has 6 heteroatoms. The van der Waals surface area contributed by atoms with Crippen LogP contribution < -0.4 is 5.32 Å². The summed E-state index contributed by atoms with van der Waals surface area (Å²) >= 11 is 0. The number of carbonyl (C=O) groups excluding carboxylic acids is 1. The van der Waals surface area contributed by atoms with Gasteiger partial charge in [0.1, 0.15) is 12.2 Å². The highest BCUT2D eigenvalue weighted by atomic mass is 16.3. The molecule has 0 spiro atoms. The number of allylic oxidation sites excluding steroid dienone is 6. The van der Waals surface area contributed by atoms with E-state index in [9.17, 15) is 25.2 Å². The van der Waals surface area contributed by atoms with Gasteiger partial charge < -0.3 is 25.7 Å². The first-order chi connectivity index (χ1) is 42.0. The summed E-state index contributed by atoms with van der Waals surface area (Å²) in [6, 6.07) is -1.01. The second-order valence-electron chi connectivity index (χ2n) is 27.0. The second-order valence-corrected chi connectivity index (χ2v) is 27.0. The lowest BCUT2D eigenvalue weighted by Gasteiger charge is -2.27. The molecule has 0 heterocycles. The Kier molecular flexibility index (Phi) is 72.0. The monoisotopic (exact) mass is 1200 g/mol. The molecule has 0 saturated carbocycles. The van der Waals surface area contributed by atoms with Crippen molar-refractivity contribution in [2.75, 3.05) is 6.61 Å². The lowest BCUT2D eigenvalue weighted by Crippen LogP contribution is -2.53. The van der Waals surface area contributed by atoms with Crippen LogP contribution in [0, 0.1) is 0 Å². The summed E-state index contributed by atoms with van der Waals surface area (Å²) in [6.45, 7) is 4.10. The smallest absolute Gasteiger partial charge is 0.249 e. The van der Waals surface area contributed by atoms with Gasteiger partial charge in [-0.1, -0.05) is 403 Å². The highest BCUT2D eigenvalue weighted by Gasteiger charge is 2.28. The maximum Gasteiger partial charge on any atom is 0.249 e. The summed E-state index contributed by atoms with van der Waals surface area (Å²) in [5.41, 5.74) is 0. The van der Waals surface area contributed by atoms with Crippen LogP contribution in [0.4, 0.5) is 0 Å². The molecule has 5 N–H and O–H groups in total. The number of carbonyl (C=O) groups is 1. The number of nitrogens with one attached hydrogen (secondary N) is 1. The quantitative estimate of drug-likeness (QED) is 0.0308. The molecule has 0 aliphatic carbocycles. The van der Waals surface area contributed by atoms with Crippen molar-refractivity contribution in [1.29, 1.82) is 0 Å². The van der Waals surface area contributed by atoms with Crippen LogP contribution in [-0.2, 0) is 4.79 Å². The molecule has 1 amide bonds. The van der Waals surface area contributed by atoms with Gasteiger partial charge in [-0.25, -0.2) is 0 Å². The Balaban J connectivity index is 3.54. The molecule has 0 aromatic heterocycles. The third-order valence-corrected chi connectivity index (χ3v) is 18.6. The van der Waals surface area contributed by atoms with Gasteiger partial charge in [0.15, 0.2) is 0 Å². The van der Waals surface area contributed by atoms with Gasteiger partial charge in [-0.05, 0) is 64.2 Å². The highest BCUT2D eigenvalue weighted by Crippen LogP contribution is 2.20. The summed E-state index contributed by atoms with van der Waals surface area (Å²) in [5.74, 6) is -0.591. The molecular formula is C79H153NO5. The normalized spacial score (nSPS) is 13.5. The van der Waals surface area contributed by atoms with Crippen molar-refractivity contribution in [3.8, 4) is 0 Å². The number of hydrogen-bond donors (Lipinski definition) is 5. The molecule has 504 valence electrons. The van der Waals surface area contributed by atoms with E-state index < -0.39 is 36.9 Å². The van der Waals surface area contributed by atoms with Crippen molar-refractivity contribution < 1.29 is 25.2 Å². The summed E-state index contributed by atoms with van der Waals surface area (Å²) in [5, 5.41) is 44.3. The Morgan fingerprint density at radius 1 is 0.282 bits per heavy atom. The fourth-order valence-electron chi connectivity index (χ4n) is 12.6. The number of rotatable bonds is 73. The maximum absolute atomic E-state index is 12.7. The summed E-state index contributed by atoms with van der Waals surface area (Å²) in [7, 11) is 0. The molecule has 0 bridgehead atoms. The van der Waals surface area contributed by atoms with Crippen LogP contribution in [-0.4, -0.2) is 57.3 Å². The van der Waals surface area contributed by atoms with Crippen LogP contribution in [0.5, 0.6) is 0 Å².